The molecule has 1 unspecified atom stereocenters. The highest BCUT2D eigenvalue weighted by Crippen LogP contribution is 2.18. The molecule has 0 fully saturated rings. The maximum Gasteiger partial charge on any atom is 0.227 e. The summed E-state index contributed by atoms with van der Waals surface area (Å²) in [6.45, 7) is 1.00. The van der Waals surface area contributed by atoms with E-state index >= 15 is 0 Å². The van der Waals surface area contributed by atoms with Crippen LogP contribution in [0, 0.1) is 0 Å². The van der Waals surface area contributed by atoms with Gasteiger partial charge in [-0.05, 0) is 30.5 Å². The summed E-state index contributed by atoms with van der Waals surface area (Å²) in [4.78, 5) is 19.5. The van der Waals surface area contributed by atoms with Crippen molar-refractivity contribution in [1.29, 1.82) is 0 Å². The van der Waals surface area contributed by atoms with Crippen molar-refractivity contribution >= 4 is 23.5 Å². The molecule has 164 valence electrons. The summed E-state index contributed by atoms with van der Waals surface area (Å²) in [7, 11) is 7.56. The number of methoxy groups -OCH3 is 1. The predicted octanol–water partition coefficient (Wildman–Crippen LogP) is 1.78. The summed E-state index contributed by atoms with van der Waals surface area (Å²) in [5.41, 5.74) is 1.19. The standard InChI is InChI=1S/C21H29ClN4O4/c1-26(2,3)14-16(12-20(27)28)23-21-24-18(22)13-19(25-21)30-11-5-6-15-7-9-17(29-4)10-8-15/h7-10,13,16H,5-6,11-12,14H2,1-4H3,(H-,23,24,25,27,28). The first kappa shape index (κ1) is 23.7. The second kappa shape index (κ2) is 11.0. The van der Waals surface area contributed by atoms with Crippen LogP contribution in [0.5, 0.6) is 11.6 Å². The second-order valence-corrected chi connectivity index (χ2v) is 8.43. The van der Waals surface area contributed by atoms with Crippen molar-refractivity contribution in [3.63, 3.8) is 0 Å². The van der Waals surface area contributed by atoms with Crippen molar-refractivity contribution < 1.29 is 23.9 Å². The van der Waals surface area contributed by atoms with Crippen molar-refractivity contribution in [1.82, 2.24) is 9.97 Å². The Morgan fingerprint density at radius 2 is 1.93 bits per heavy atom. The minimum absolute atomic E-state index is 0.163. The van der Waals surface area contributed by atoms with Crippen LogP contribution < -0.4 is 19.9 Å². The number of carbonyl (C=O) groups is 1. The molecule has 0 bridgehead atoms. The number of carboxylic acid groups (broad SMARTS) is 1. The van der Waals surface area contributed by atoms with Crippen LogP contribution >= 0.6 is 11.6 Å². The SMILES string of the molecule is COc1ccc(CCCOc2cc(Cl)nc(NC(CC(=O)[O-])C[N+](C)(C)C)n2)cc1. The number of halogens is 1. The first-order valence-corrected chi connectivity index (χ1v) is 10.1. The third-order valence-electron chi connectivity index (χ3n) is 4.20. The fourth-order valence-electron chi connectivity index (χ4n) is 2.99. The average molecular weight is 437 g/mol. The fraction of sp³-hybridized carbons (Fsp3) is 0.476. The maximum atomic E-state index is 11.1. The smallest absolute Gasteiger partial charge is 0.227 e. The van der Waals surface area contributed by atoms with Gasteiger partial charge in [-0.25, -0.2) is 4.98 Å². The summed E-state index contributed by atoms with van der Waals surface area (Å²) >= 11 is 6.09. The first-order valence-electron chi connectivity index (χ1n) is 9.72. The molecule has 0 aliphatic carbocycles. The Labute approximate surface area is 182 Å². The number of aliphatic carboxylic acids is 1. The van der Waals surface area contributed by atoms with Gasteiger partial charge in [-0.2, -0.15) is 4.98 Å². The Bertz CT molecular complexity index is 825. The molecule has 30 heavy (non-hydrogen) atoms. The van der Waals surface area contributed by atoms with Crippen LogP contribution in [0.2, 0.25) is 5.15 Å². The van der Waals surface area contributed by atoms with Crippen molar-refractivity contribution in [2.45, 2.75) is 25.3 Å². The zero-order valence-corrected chi connectivity index (χ0v) is 18.6. The van der Waals surface area contributed by atoms with Crippen molar-refractivity contribution in [3.8, 4) is 11.6 Å². The Morgan fingerprint density at radius 1 is 1.23 bits per heavy atom. The number of hydrogen-bond acceptors (Lipinski definition) is 7. The highest BCUT2D eigenvalue weighted by molar-refractivity contribution is 6.29. The van der Waals surface area contributed by atoms with Crippen LogP contribution in [0.25, 0.3) is 0 Å². The molecule has 1 heterocycles. The summed E-state index contributed by atoms with van der Waals surface area (Å²) in [6.07, 6.45) is 1.49. The molecule has 0 saturated heterocycles. The molecule has 0 aliphatic rings. The number of nitrogens with zero attached hydrogens (tertiary/aromatic N) is 3. The molecule has 1 aromatic carbocycles. The third kappa shape index (κ3) is 8.84. The lowest BCUT2D eigenvalue weighted by Crippen LogP contribution is -2.46. The quantitative estimate of drug-likeness (QED) is 0.307. The maximum absolute atomic E-state index is 11.1. The number of carbonyl (C=O) groups excluding carboxylic acids is 1. The highest BCUT2D eigenvalue weighted by atomic mass is 35.5. The van der Waals surface area contributed by atoms with Crippen LogP contribution in [-0.4, -0.2) is 67.9 Å². The Balaban J connectivity index is 1.93. The molecule has 0 amide bonds. The van der Waals surface area contributed by atoms with Crippen LogP contribution in [0.3, 0.4) is 0 Å². The molecule has 1 atom stereocenters. The van der Waals surface area contributed by atoms with Crippen LogP contribution in [0.15, 0.2) is 30.3 Å². The van der Waals surface area contributed by atoms with Gasteiger partial charge >= 0.3 is 0 Å². The number of rotatable bonds is 12. The van der Waals surface area contributed by atoms with Gasteiger partial charge in [-0.3, -0.25) is 0 Å². The summed E-state index contributed by atoms with van der Waals surface area (Å²) in [5.74, 6) is 0.253. The predicted molar refractivity (Wildman–Crippen MR) is 114 cm³/mol. The molecule has 0 spiro atoms. The average Bonchev–Trinajstić information content (AvgIpc) is 2.63. The number of aryl methyl sites for hydroxylation is 1. The zero-order chi connectivity index (χ0) is 22.1. The molecule has 2 rings (SSSR count). The molecule has 0 radical (unpaired) electrons. The molecule has 1 N–H and O–H groups in total. The van der Waals surface area contributed by atoms with E-state index in [0.29, 0.717) is 23.5 Å². The number of quaternary nitrogens is 1. The van der Waals surface area contributed by atoms with E-state index in [1.165, 1.54) is 11.6 Å². The summed E-state index contributed by atoms with van der Waals surface area (Å²) < 4.78 is 11.5. The van der Waals surface area contributed by atoms with Crippen LogP contribution in [-0.2, 0) is 11.2 Å². The van der Waals surface area contributed by atoms with E-state index in [9.17, 15) is 9.90 Å². The van der Waals surface area contributed by atoms with Gasteiger partial charge in [0.1, 0.15) is 10.9 Å². The minimum Gasteiger partial charge on any atom is -0.550 e. The molecule has 0 aliphatic heterocycles. The number of benzene rings is 1. The number of anilines is 1. The van der Waals surface area contributed by atoms with Gasteiger partial charge in [0.05, 0.1) is 47.4 Å². The fourth-order valence-corrected chi connectivity index (χ4v) is 3.16. The number of carboxylic acids is 1. The molecular weight excluding hydrogens is 408 g/mol. The van der Waals surface area contributed by atoms with Crippen molar-refractivity contribution in [2.75, 3.05) is 46.7 Å². The van der Waals surface area contributed by atoms with E-state index in [1.54, 1.807) is 7.11 Å². The van der Waals surface area contributed by atoms with Gasteiger partial charge in [0.15, 0.2) is 0 Å². The molecule has 0 saturated carbocycles. The largest absolute Gasteiger partial charge is 0.550 e. The van der Waals surface area contributed by atoms with E-state index in [4.69, 9.17) is 21.1 Å². The molecule has 9 heteroatoms. The van der Waals surface area contributed by atoms with Crippen molar-refractivity contribution in [2.24, 2.45) is 0 Å². The van der Waals surface area contributed by atoms with Crippen molar-refractivity contribution in [3.05, 3.63) is 41.0 Å². The van der Waals surface area contributed by atoms with E-state index in [1.807, 2.05) is 45.4 Å². The summed E-state index contributed by atoms with van der Waals surface area (Å²) in [6, 6.07) is 9.03. The van der Waals surface area contributed by atoms with Crippen LogP contribution in [0.1, 0.15) is 18.4 Å². The lowest BCUT2D eigenvalue weighted by atomic mass is 10.1. The highest BCUT2D eigenvalue weighted by Gasteiger charge is 2.20. The van der Waals surface area contributed by atoms with Gasteiger partial charge < -0.3 is 29.2 Å². The van der Waals surface area contributed by atoms with Gasteiger partial charge in [0.2, 0.25) is 11.8 Å². The zero-order valence-electron chi connectivity index (χ0n) is 17.9. The van der Waals surface area contributed by atoms with E-state index < -0.39 is 12.0 Å². The number of ether oxygens (including phenoxy) is 2. The van der Waals surface area contributed by atoms with Crippen LogP contribution in [0.4, 0.5) is 5.95 Å². The van der Waals surface area contributed by atoms with E-state index in [0.717, 1.165) is 18.6 Å². The Morgan fingerprint density at radius 3 is 2.53 bits per heavy atom. The lowest BCUT2D eigenvalue weighted by Gasteiger charge is -2.30. The number of aromatic nitrogens is 2. The normalized spacial score (nSPS) is 12.3. The summed E-state index contributed by atoms with van der Waals surface area (Å²) in [5, 5.41) is 14.3. The first-order chi connectivity index (χ1) is 14.1. The van der Waals surface area contributed by atoms with Gasteiger partial charge in [-0.1, -0.05) is 23.7 Å². The number of hydrogen-bond donors (Lipinski definition) is 1. The Hall–Kier alpha value is -2.58. The number of likely N-dealkylation sites (N-methyl/N-ethyl adjacent to an activating group) is 1. The monoisotopic (exact) mass is 436 g/mol. The van der Waals surface area contributed by atoms with E-state index in [2.05, 4.69) is 15.3 Å². The van der Waals surface area contributed by atoms with Gasteiger partial charge in [-0.15, -0.1) is 0 Å². The Kier molecular flexibility index (Phi) is 8.68. The third-order valence-corrected chi connectivity index (χ3v) is 4.40. The van der Waals surface area contributed by atoms with E-state index in [-0.39, 0.29) is 17.5 Å². The topological polar surface area (TPSA) is 96.4 Å². The number of nitrogens with one attached hydrogen (secondary N) is 1. The van der Waals surface area contributed by atoms with Gasteiger partial charge in [0.25, 0.3) is 0 Å². The second-order valence-electron chi connectivity index (χ2n) is 8.04. The lowest BCUT2D eigenvalue weighted by molar-refractivity contribution is -0.870. The minimum atomic E-state index is -1.14. The molecule has 1 aromatic heterocycles. The molecule has 8 nitrogen and oxygen atoms in total. The molecular formula is C21H29ClN4O4. The molecule has 2 aromatic rings. The van der Waals surface area contributed by atoms with Gasteiger partial charge in [0, 0.05) is 18.5 Å².